The number of nitrogens with one attached hydrogen (secondary N) is 1. The lowest BCUT2D eigenvalue weighted by atomic mass is 10.2. The summed E-state index contributed by atoms with van der Waals surface area (Å²) in [5, 5.41) is 0. The highest BCUT2D eigenvalue weighted by Crippen LogP contribution is 2.27. The zero-order valence-corrected chi connectivity index (χ0v) is 12.7. The second-order valence-electron chi connectivity index (χ2n) is 4.95. The molecule has 0 radical (unpaired) electrons. The fourth-order valence-corrected chi connectivity index (χ4v) is 2.43. The van der Waals surface area contributed by atoms with E-state index in [1.165, 1.54) is 10.7 Å². The molecular formula is C16H18N4O2. The van der Waals surface area contributed by atoms with Crippen LogP contribution >= 0.6 is 0 Å². The van der Waals surface area contributed by atoms with Crippen molar-refractivity contribution < 1.29 is 4.74 Å². The highest BCUT2D eigenvalue weighted by Gasteiger charge is 2.13. The third-order valence-corrected chi connectivity index (χ3v) is 3.41. The summed E-state index contributed by atoms with van der Waals surface area (Å²) >= 11 is 0. The van der Waals surface area contributed by atoms with E-state index in [1.54, 1.807) is 0 Å². The predicted octanol–water partition coefficient (Wildman–Crippen LogP) is 2.44. The van der Waals surface area contributed by atoms with Crippen LogP contribution < -0.4 is 10.4 Å². The average molecular weight is 298 g/mol. The maximum atomic E-state index is 12.2. The van der Waals surface area contributed by atoms with Crippen molar-refractivity contribution in [2.45, 2.75) is 26.7 Å². The molecule has 0 saturated carbocycles. The van der Waals surface area contributed by atoms with Crippen LogP contribution in [0.15, 0.2) is 35.4 Å². The van der Waals surface area contributed by atoms with Gasteiger partial charge in [-0.2, -0.15) is 0 Å². The van der Waals surface area contributed by atoms with Gasteiger partial charge in [0.05, 0.1) is 17.9 Å². The van der Waals surface area contributed by atoms with Crippen LogP contribution in [-0.4, -0.2) is 26.0 Å². The summed E-state index contributed by atoms with van der Waals surface area (Å²) in [4.78, 5) is 23.9. The van der Waals surface area contributed by atoms with E-state index in [1.807, 2.05) is 31.2 Å². The van der Waals surface area contributed by atoms with E-state index in [4.69, 9.17) is 4.74 Å². The Bertz CT molecular complexity index is 851. The van der Waals surface area contributed by atoms with Crippen LogP contribution in [0.3, 0.4) is 0 Å². The first-order chi connectivity index (χ1) is 10.7. The van der Waals surface area contributed by atoms with Crippen LogP contribution in [0.25, 0.3) is 17.0 Å². The number of fused-ring (bicyclic) bond motifs is 1. The minimum atomic E-state index is -0.249. The van der Waals surface area contributed by atoms with E-state index in [-0.39, 0.29) is 5.69 Å². The van der Waals surface area contributed by atoms with Gasteiger partial charge in [0.2, 0.25) is 0 Å². The molecule has 22 heavy (non-hydrogen) atoms. The quantitative estimate of drug-likeness (QED) is 0.785. The van der Waals surface area contributed by atoms with Gasteiger partial charge >= 0.3 is 5.69 Å². The third kappa shape index (κ3) is 2.47. The van der Waals surface area contributed by atoms with Gasteiger partial charge in [0.25, 0.3) is 0 Å². The summed E-state index contributed by atoms with van der Waals surface area (Å²) in [6.07, 6.45) is 3.26. The van der Waals surface area contributed by atoms with Crippen LogP contribution in [0.5, 0.6) is 5.75 Å². The monoisotopic (exact) mass is 298 g/mol. The van der Waals surface area contributed by atoms with Crippen molar-refractivity contribution in [2.24, 2.45) is 0 Å². The van der Waals surface area contributed by atoms with E-state index >= 15 is 0 Å². The highest BCUT2D eigenvalue weighted by atomic mass is 16.5. The lowest BCUT2D eigenvalue weighted by Crippen LogP contribution is -2.18. The molecule has 0 amide bonds. The van der Waals surface area contributed by atoms with Crippen molar-refractivity contribution in [3.8, 4) is 17.1 Å². The van der Waals surface area contributed by atoms with Gasteiger partial charge in [-0.05, 0) is 25.5 Å². The van der Waals surface area contributed by atoms with E-state index < -0.39 is 0 Å². The maximum absolute atomic E-state index is 12.2. The van der Waals surface area contributed by atoms with E-state index in [2.05, 4.69) is 21.9 Å². The molecule has 1 N–H and O–H groups in total. The summed E-state index contributed by atoms with van der Waals surface area (Å²) in [6.45, 7) is 4.55. The molecule has 0 spiro atoms. The van der Waals surface area contributed by atoms with Gasteiger partial charge in [0.1, 0.15) is 17.9 Å². The topological polar surface area (TPSA) is 72.3 Å². The number of hydrogen-bond acceptors (Lipinski definition) is 4. The third-order valence-electron chi connectivity index (χ3n) is 3.41. The van der Waals surface area contributed by atoms with E-state index in [0.29, 0.717) is 23.8 Å². The number of hydrogen-bond donors (Lipinski definition) is 1. The Morgan fingerprint density at radius 2 is 2.09 bits per heavy atom. The van der Waals surface area contributed by atoms with Crippen molar-refractivity contribution in [2.75, 3.05) is 6.61 Å². The molecule has 2 heterocycles. The van der Waals surface area contributed by atoms with Crippen LogP contribution in [-0.2, 0) is 6.42 Å². The average Bonchev–Trinajstić information content (AvgIpc) is 2.92. The van der Waals surface area contributed by atoms with Gasteiger partial charge in [0.15, 0.2) is 5.65 Å². The highest BCUT2D eigenvalue weighted by molar-refractivity contribution is 5.65. The van der Waals surface area contributed by atoms with E-state index in [9.17, 15) is 4.79 Å². The number of rotatable bonds is 5. The van der Waals surface area contributed by atoms with Gasteiger partial charge in [0, 0.05) is 0 Å². The number of H-pyrrole nitrogens is 1. The molecule has 1 aromatic carbocycles. The molecule has 0 atom stereocenters. The Morgan fingerprint density at radius 1 is 1.27 bits per heavy atom. The first-order valence-corrected chi connectivity index (χ1v) is 7.43. The second-order valence-corrected chi connectivity index (χ2v) is 4.95. The summed E-state index contributed by atoms with van der Waals surface area (Å²) in [5.41, 5.74) is 1.96. The molecule has 6 nitrogen and oxygen atoms in total. The Morgan fingerprint density at radius 3 is 2.86 bits per heavy atom. The minimum Gasteiger partial charge on any atom is -0.493 e. The molecule has 0 fully saturated rings. The summed E-state index contributed by atoms with van der Waals surface area (Å²) in [5.74, 6) is 1.20. The molecule has 0 aliphatic heterocycles. The first-order valence-electron chi connectivity index (χ1n) is 7.43. The minimum absolute atomic E-state index is 0.249. The lowest BCUT2D eigenvalue weighted by molar-refractivity contribution is 0.341. The lowest BCUT2D eigenvalue weighted by Gasteiger charge is -2.09. The van der Waals surface area contributed by atoms with Crippen molar-refractivity contribution in [3.63, 3.8) is 0 Å². The molecule has 3 rings (SSSR count). The number of ether oxygens (including phenoxy) is 1. The number of benzene rings is 1. The summed E-state index contributed by atoms with van der Waals surface area (Å²) < 4.78 is 7.06. The second kappa shape index (κ2) is 6.01. The smallest absolute Gasteiger partial charge is 0.334 e. The number of nitrogens with zero attached hydrogens (tertiary/aromatic N) is 3. The summed E-state index contributed by atoms with van der Waals surface area (Å²) in [6, 6.07) is 7.54. The molecule has 3 aromatic rings. The number of aromatic amines is 1. The molecule has 0 aliphatic carbocycles. The standard InChI is InChI=1S/C16H18N4O2/c1-3-7-12-15-18-14(19-16(21)20(15)10-17-12)11-8-5-6-9-13(11)22-4-2/h5-6,8-10H,3-4,7H2,1-2H3,(H,18,19,21). The maximum Gasteiger partial charge on any atom is 0.334 e. The Labute approximate surface area is 127 Å². The zero-order valence-electron chi connectivity index (χ0n) is 12.7. The van der Waals surface area contributed by atoms with E-state index in [0.717, 1.165) is 24.1 Å². The predicted molar refractivity (Wildman–Crippen MR) is 84.2 cm³/mol. The summed E-state index contributed by atoms with van der Waals surface area (Å²) in [7, 11) is 0. The van der Waals surface area contributed by atoms with Crippen LogP contribution in [0.2, 0.25) is 0 Å². The van der Waals surface area contributed by atoms with Gasteiger partial charge < -0.3 is 4.74 Å². The van der Waals surface area contributed by atoms with Gasteiger partial charge in [-0.1, -0.05) is 25.5 Å². The fraction of sp³-hybridized carbons (Fsp3) is 0.312. The van der Waals surface area contributed by atoms with Gasteiger partial charge in [-0.3, -0.25) is 4.98 Å². The van der Waals surface area contributed by atoms with Crippen molar-refractivity contribution in [3.05, 3.63) is 46.8 Å². The molecule has 6 heteroatoms. The SMILES string of the molecule is CCCc1ncn2c(=O)[nH]c(-c3ccccc3OCC)nc12. The van der Waals surface area contributed by atoms with Crippen LogP contribution in [0, 0.1) is 0 Å². The largest absolute Gasteiger partial charge is 0.493 e. The van der Waals surface area contributed by atoms with Crippen molar-refractivity contribution in [1.29, 1.82) is 0 Å². The number of para-hydroxylation sites is 1. The number of imidazole rings is 1. The van der Waals surface area contributed by atoms with Crippen molar-refractivity contribution in [1.82, 2.24) is 19.4 Å². The van der Waals surface area contributed by atoms with Gasteiger partial charge in [-0.15, -0.1) is 0 Å². The molecule has 0 aliphatic rings. The number of aryl methyl sites for hydroxylation is 1. The normalized spacial score (nSPS) is 11.0. The molecule has 0 unspecified atom stereocenters. The molecular weight excluding hydrogens is 280 g/mol. The zero-order chi connectivity index (χ0) is 15.5. The molecule has 2 aromatic heterocycles. The van der Waals surface area contributed by atoms with Crippen LogP contribution in [0.4, 0.5) is 0 Å². The first kappa shape index (κ1) is 14.3. The molecule has 0 bridgehead atoms. The fourth-order valence-electron chi connectivity index (χ4n) is 2.43. The molecule has 114 valence electrons. The number of aromatic nitrogens is 4. The Kier molecular flexibility index (Phi) is 3.91. The van der Waals surface area contributed by atoms with Crippen molar-refractivity contribution >= 4 is 5.65 Å². The Balaban J connectivity index is 2.19. The Hall–Kier alpha value is -2.63. The van der Waals surface area contributed by atoms with Crippen LogP contribution in [0.1, 0.15) is 26.0 Å². The molecule has 0 saturated heterocycles. The van der Waals surface area contributed by atoms with Gasteiger partial charge in [-0.25, -0.2) is 19.2 Å².